The van der Waals surface area contributed by atoms with Gasteiger partial charge in [-0.05, 0) is 0 Å². The third-order valence-corrected chi connectivity index (χ3v) is 12.7. The van der Waals surface area contributed by atoms with E-state index in [0.717, 1.165) is 17.3 Å². The summed E-state index contributed by atoms with van der Waals surface area (Å²) in [6, 6.07) is 32.6. The van der Waals surface area contributed by atoms with E-state index in [0.29, 0.717) is 5.70 Å². The summed E-state index contributed by atoms with van der Waals surface area (Å²) in [7, 11) is 3.01. The molecule has 0 heterocycles. The second-order valence-electron chi connectivity index (χ2n) is 10.0. The summed E-state index contributed by atoms with van der Waals surface area (Å²) in [5.41, 5.74) is 1.59. The number of nitrogens with one attached hydrogen (secondary N) is 3. The zero-order chi connectivity index (χ0) is 27.9. The molecule has 1 atom stereocenters. The standard InChI is InChI=1S/C33H40N3O2P/c1-25(20-21-29-31(34-2)32(38)30(37)24-33(29,35-3)36-4)22-23-39(26-14-8-5-9-15-26,27-16-10-6-11-17-27)28-18-12-7-13-19-28/h5-22,30,34-37,39H,23-24H2,1-4H3. The Morgan fingerprint density at radius 1 is 0.872 bits per heavy atom. The van der Waals surface area contributed by atoms with Gasteiger partial charge in [0.25, 0.3) is 0 Å². The molecule has 4 N–H and O–H groups in total. The van der Waals surface area contributed by atoms with Crippen LogP contribution in [0.4, 0.5) is 0 Å². The Balaban J connectivity index is 1.80. The van der Waals surface area contributed by atoms with E-state index in [1.807, 2.05) is 20.2 Å². The fourth-order valence-corrected chi connectivity index (χ4v) is 10.3. The minimum absolute atomic E-state index is 0.249. The molecule has 0 amide bonds. The van der Waals surface area contributed by atoms with Crippen molar-refractivity contribution in [2.45, 2.75) is 25.1 Å². The predicted molar refractivity (Wildman–Crippen MR) is 167 cm³/mol. The number of carbonyl (C=O) groups is 1. The van der Waals surface area contributed by atoms with Crippen molar-refractivity contribution in [3.63, 3.8) is 0 Å². The maximum absolute atomic E-state index is 12.8. The van der Waals surface area contributed by atoms with Gasteiger partial charge in [-0.1, -0.05) is 0 Å². The van der Waals surface area contributed by atoms with E-state index in [9.17, 15) is 9.90 Å². The van der Waals surface area contributed by atoms with Gasteiger partial charge in [-0.2, -0.15) is 0 Å². The number of rotatable bonds is 10. The molecule has 0 bridgehead atoms. The molecule has 5 nitrogen and oxygen atoms in total. The van der Waals surface area contributed by atoms with Crippen molar-refractivity contribution in [1.29, 1.82) is 0 Å². The van der Waals surface area contributed by atoms with Crippen LogP contribution in [0, 0.1) is 0 Å². The molecular formula is C33H40N3O2P. The van der Waals surface area contributed by atoms with Crippen LogP contribution in [-0.4, -0.2) is 50.0 Å². The molecule has 0 fully saturated rings. The SMILES string of the molecule is CNC1=C(C=CC(C)=CC[PH](c2ccccc2)(c2ccccc2)c2ccccc2)C(NC)(NC)CC(O)C1=O. The first kappa shape index (κ1) is 28.7. The second-order valence-corrected chi connectivity index (χ2v) is 14.0. The average Bonchev–Trinajstić information content (AvgIpc) is 2.99. The van der Waals surface area contributed by atoms with Gasteiger partial charge in [0.05, 0.1) is 0 Å². The Kier molecular flexibility index (Phi) is 9.32. The van der Waals surface area contributed by atoms with Crippen molar-refractivity contribution in [3.8, 4) is 0 Å². The third-order valence-electron chi connectivity index (χ3n) is 7.92. The van der Waals surface area contributed by atoms with Gasteiger partial charge in [-0.15, -0.1) is 0 Å². The normalized spacial score (nSPS) is 18.4. The van der Waals surface area contributed by atoms with Gasteiger partial charge in [0, 0.05) is 0 Å². The van der Waals surface area contributed by atoms with Crippen LogP contribution >= 0.6 is 7.26 Å². The number of benzene rings is 3. The molecule has 0 saturated heterocycles. The van der Waals surface area contributed by atoms with Crippen molar-refractivity contribution in [3.05, 3.63) is 126 Å². The number of ketones is 1. The first-order valence-electron chi connectivity index (χ1n) is 13.5. The Hall–Kier alpha value is -3.34. The van der Waals surface area contributed by atoms with Crippen molar-refractivity contribution in [2.75, 3.05) is 27.3 Å². The van der Waals surface area contributed by atoms with Crippen LogP contribution < -0.4 is 31.9 Å². The minimum atomic E-state index is -2.38. The molecule has 3 aromatic rings. The molecule has 0 spiro atoms. The van der Waals surface area contributed by atoms with Crippen LogP contribution in [0.25, 0.3) is 0 Å². The van der Waals surface area contributed by atoms with Crippen molar-refractivity contribution in [2.24, 2.45) is 0 Å². The quantitative estimate of drug-likeness (QED) is 0.180. The summed E-state index contributed by atoms with van der Waals surface area (Å²) in [6.45, 7) is 2.11. The summed E-state index contributed by atoms with van der Waals surface area (Å²) in [4.78, 5) is 12.8. The Morgan fingerprint density at radius 3 is 1.74 bits per heavy atom. The number of Topliss-reactive ketones (excluding diaryl/α,β-unsaturated/α-hetero) is 1. The second kappa shape index (κ2) is 12.7. The molecule has 39 heavy (non-hydrogen) atoms. The number of likely N-dealkylation sites (N-methyl/N-ethyl adjacent to an activating group) is 3. The van der Waals surface area contributed by atoms with Gasteiger partial charge in [0.1, 0.15) is 0 Å². The van der Waals surface area contributed by atoms with E-state index >= 15 is 0 Å². The van der Waals surface area contributed by atoms with E-state index in [2.05, 4.69) is 126 Å². The van der Waals surface area contributed by atoms with Gasteiger partial charge < -0.3 is 0 Å². The molecule has 0 aliphatic heterocycles. The summed E-state index contributed by atoms with van der Waals surface area (Å²) >= 11 is 0. The van der Waals surface area contributed by atoms with Crippen molar-refractivity contribution < 1.29 is 9.90 Å². The summed E-state index contributed by atoms with van der Waals surface area (Å²) in [5.74, 6) is -0.288. The summed E-state index contributed by atoms with van der Waals surface area (Å²) in [5, 5.41) is 24.2. The van der Waals surface area contributed by atoms with Crippen LogP contribution in [0.1, 0.15) is 13.3 Å². The van der Waals surface area contributed by atoms with E-state index in [1.165, 1.54) is 15.9 Å². The number of aliphatic hydroxyl groups excluding tert-OH is 1. The molecule has 1 unspecified atom stereocenters. The van der Waals surface area contributed by atoms with Crippen LogP contribution in [0.3, 0.4) is 0 Å². The zero-order valence-electron chi connectivity index (χ0n) is 23.2. The molecule has 0 aromatic heterocycles. The average molecular weight is 542 g/mol. The van der Waals surface area contributed by atoms with Gasteiger partial charge >= 0.3 is 233 Å². The fraction of sp³-hybridized carbons (Fsp3) is 0.242. The molecule has 4 rings (SSSR count). The first-order valence-corrected chi connectivity index (χ1v) is 15.7. The Morgan fingerprint density at radius 2 is 1.33 bits per heavy atom. The maximum atomic E-state index is 12.8. The van der Waals surface area contributed by atoms with E-state index in [-0.39, 0.29) is 12.2 Å². The Labute approximate surface area is 233 Å². The number of allylic oxidation sites excluding steroid dienone is 3. The third kappa shape index (κ3) is 5.68. The zero-order valence-corrected chi connectivity index (χ0v) is 24.2. The van der Waals surface area contributed by atoms with Crippen LogP contribution in [0.15, 0.2) is 126 Å². The van der Waals surface area contributed by atoms with Gasteiger partial charge in [-0.3, -0.25) is 0 Å². The van der Waals surface area contributed by atoms with Gasteiger partial charge in [0.2, 0.25) is 0 Å². The topological polar surface area (TPSA) is 73.4 Å². The van der Waals surface area contributed by atoms with E-state index in [1.54, 1.807) is 7.05 Å². The molecule has 1 aliphatic rings. The van der Waals surface area contributed by atoms with Crippen LogP contribution in [0.5, 0.6) is 0 Å². The van der Waals surface area contributed by atoms with E-state index in [4.69, 9.17) is 0 Å². The number of hydrogen-bond acceptors (Lipinski definition) is 5. The van der Waals surface area contributed by atoms with Gasteiger partial charge in [-0.25, -0.2) is 0 Å². The van der Waals surface area contributed by atoms with Crippen LogP contribution in [-0.2, 0) is 4.79 Å². The molecule has 0 saturated carbocycles. The first-order chi connectivity index (χ1) is 18.9. The summed E-state index contributed by atoms with van der Waals surface area (Å²) < 4.78 is 0. The molecule has 1 aliphatic carbocycles. The predicted octanol–water partition coefficient (Wildman–Crippen LogP) is 3.16. The van der Waals surface area contributed by atoms with Crippen molar-refractivity contribution in [1.82, 2.24) is 16.0 Å². The number of carbonyl (C=O) groups excluding carboxylic acids is 1. The molecular weight excluding hydrogens is 501 g/mol. The monoisotopic (exact) mass is 541 g/mol. The molecule has 6 heteroatoms. The fourth-order valence-electron chi connectivity index (χ4n) is 5.71. The number of aliphatic hydroxyl groups is 1. The van der Waals surface area contributed by atoms with Crippen molar-refractivity contribution >= 4 is 29.0 Å². The molecule has 0 radical (unpaired) electrons. The summed E-state index contributed by atoms with van der Waals surface area (Å²) in [6.07, 6.45) is 6.45. The number of hydrogen-bond donors (Lipinski definition) is 4. The molecule has 3 aromatic carbocycles. The van der Waals surface area contributed by atoms with E-state index < -0.39 is 19.0 Å². The molecule has 204 valence electrons. The van der Waals surface area contributed by atoms with Crippen LogP contribution in [0.2, 0.25) is 0 Å². The van der Waals surface area contributed by atoms with Gasteiger partial charge in [0.15, 0.2) is 0 Å². The Bertz CT molecular complexity index is 1250.